The van der Waals surface area contributed by atoms with Crippen molar-refractivity contribution in [2.75, 3.05) is 6.54 Å². The van der Waals surface area contributed by atoms with Gasteiger partial charge in [-0.3, -0.25) is 14.5 Å². The number of thioether (sulfide) groups is 1. The summed E-state index contributed by atoms with van der Waals surface area (Å²) < 4.78 is 0. The second-order valence-corrected chi connectivity index (χ2v) is 6.77. The van der Waals surface area contributed by atoms with Gasteiger partial charge in [0, 0.05) is 6.54 Å². The number of aryl methyl sites for hydroxylation is 2. The lowest BCUT2D eigenvalue weighted by Gasteiger charge is -2.12. The average Bonchev–Trinajstić information content (AvgIpc) is 2.85. The third-order valence-corrected chi connectivity index (χ3v) is 4.95. The number of nitrogens with zero attached hydrogens (tertiary/aromatic N) is 1. The highest BCUT2D eigenvalue weighted by Crippen LogP contribution is 2.32. The number of benzene rings is 2. The molecule has 0 atom stereocenters. The van der Waals surface area contributed by atoms with Crippen LogP contribution in [0.1, 0.15) is 23.1 Å². The van der Waals surface area contributed by atoms with Gasteiger partial charge in [-0.1, -0.05) is 54.6 Å². The maximum absolute atomic E-state index is 12.5. The van der Waals surface area contributed by atoms with Gasteiger partial charge in [0.2, 0.25) is 0 Å². The van der Waals surface area contributed by atoms with E-state index in [0.29, 0.717) is 11.4 Å². The second-order valence-electron chi connectivity index (χ2n) is 5.78. The van der Waals surface area contributed by atoms with E-state index in [1.165, 1.54) is 10.5 Å². The summed E-state index contributed by atoms with van der Waals surface area (Å²) in [6.07, 6.45) is 3.45. The Bertz CT molecular complexity index is 783. The van der Waals surface area contributed by atoms with Gasteiger partial charge in [0.25, 0.3) is 11.1 Å². The smallest absolute Gasteiger partial charge is 0.268 e. The molecule has 1 aliphatic rings. The van der Waals surface area contributed by atoms with Crippen molar-refractivity contribution in [1.29, 1.82) is 0 Å². The summed E-state index contributed by atoms with van der Waals surface area (Å²) in [5.41, 5.74) is 3.29. The van der Waals surface area contributed by atoms with E-state index in [0.717, 1.165) is 35.7 Å². The van der Waals surface area contributed by atoms with Crippen molar-refractivity contribution >= 4 is 29.0 Å². The molecule has 1 aliphatic heterocycles. The maximum Gasteiger partial charge on any atom is 0.293 e. The van der Waals surface area contributed by atoms with Crippen LogP contribution in [0.4, 0.5) is 4.79 Å². The zero-order chi connectivity index (χ0) is 16.9. The molecular formula is C20H19NO2S. The molecule has 3 rings (SSSR count). The van der Waals surface area contributed by atoms with Crippen LogP contribution < -0.4 is 0 Å². The summed E-state index contributed by atoms with van der Waals surface area (Å²) in [5, 5.41) is -0.173. The van der Waals surface area contributed by atoms with Crippen molar-refractivity contribution < 1.29 is 9.59 Å². The maximum atomic E-state index is 12.5. The first-order chi connectivity index (χ1) is 11.6. The Labute approximate surface area is 146 Å². The van der Waals surface area contributed by atoms with Crippen LogP contribution in [0, 0.1) is 6.92 Å². The molecule has 122 valence electrons. The summed E-state index contributed by atoms with van der Waals surface area (Å²) in [6, 6.07) is 18.0. The lowest BCUT2D eigenvalue weighted by molar-refractivity contribution is -0.122. The first-order valence-electron chi connectivity index (χ1n) is 8.00. The van der Waals surface area contributed by atoms with Crippen LogP contribution in [-0.4, -0.2) is 22.6 Å². The largest absolute Gasteiger partial charge is 0.293 e. The normalized spacial score (nSPS) is 16.2. The molecule has 0 aromatic heterocycles. The van der Waals surface area contributed by atoms with Gasteiger partial charge in [-0.05, 0) is 54.3 Å². The van der Waals surface area contributed by atoms with Crippen molar-refractivity contribution in [3.05, 3.63) is 76.2 Å². The molecule has 1 heterocycles. The molecule has 2 amide bonds. The van der Waals surface area contributed by atoms with Gasteiger partial charge in [0.15, 0.2) is 0 Å². The lowest BCUT2D eigenvalue weighted by atomic mass is 10.1. The molecule has 1 fully saturated rings. The van der Waals surface area contributed by atoms with Crippen molar-refractivity contribution in [2.24, 2.45) is 0 Å². The van der Waals surface area contributed by atoms with Gasteiger partial charge >= 0.3 is 0 Å². The zero-order valence-corrected chi connectivity index (χ0v) is 14.4. The predicted octanol–water partition coefficient (Wildman–Crippen LogP) is 4.66. The van der Waals surface area contributed by atoms with Gasteiger partial charge in [-0.2, -0.15) is 0 Å². The van der Waals surface area contributed by atoms with E-state index in [2.05, 4.69) is 12.1 Å². The standard InChI is InChI=1S/C20H19NO2S/c1-15-8-5-6-12-17(15)14-18-19(22)21(20(23)24-18)13-7-11-16-9-3-2-4-10-16/h2-6,8-10,12,14H,7,11,13H2,1H3/b18-14+. The fourth-order valence-corrected chi connectivity index (χ4v) is 3.52. The van der Waals surface area contributed by atoms with Crippen molar-refractivity contribution in [2.45, 2.75) is 19.8 Å². The third kappa shape index (κ3) is 3.77. The molecule has 0 aliphatic carbocycles. The Morgan fingerprint density at radius 3 is 2.46 bits per heavy atom. The van der Waals surface area contributed by atoms with Crippen LogP contribution in [0.15, 0.2) is 59.5 Å². The molecule has 0 unspecified atom stereocenters. The molecule has 0 saturated carbocycles. The summed E-state index contributed by atoms with van der Waals surface area (Å²) in [6.45, 7) is 2.46. The Balaban J connectivity index is 1.65. The van der Waals surface area contributed by atoms with Gasteiger partial charge in [-0.25, -0.2) is 0 Å². The van der Waals surface area contributed by atoms with E-state index in [1.807, 2.05) is 55.5 Å². The highest BCUT2D eigenvalue weighted by Gasteiger charge is 2.34. The fraction of sp³-hybridized carbons (Fsp3) is 0.200. The molecule has 24 heavy (non-hydrogen) atoms. The van der Waals surface area contributed by atoms with Crippen molar-refractivity contribution in [3.63, 3.8) is 0 Å². The minimum atomic E-state index is -0.179. The number of hydrogen-bond acceptors (Lipinski definition) is 3. The van der Waals surface area contributed by atoms with E-state index in [4.69, 9.17) is 0 Å². The average molecular weight is 337 g/mol. The van der Waals surface area contributed by atoms with Gasteiger partial charge in [-0.15, -0.1) is 0 Å². The van der Waals surface area contributed by atoms with Gasteiger partial charge in [0.1, 0.15) is 0 Å². The van der Waals surface area contributed by atoms with E-state index in [1.54, 1.807) is 0 Å². The highest BCUT2D eigenvalue weighted by atomic mass is 32.2. The quantitative estimate of drug-likeness (QED) is 0.744. The fourth-order valence-electron chi connectivity index (χ4n) is 2.67. The number of hydrogen-bond donors (Lipinski definition) is 0. The van der Waals surface area contributed by atoms with Crippen LogP contribution in [-0.2, 0) is 11.2 Å². The number of rotatable bonds is 5. The molecular weight excluding hydrogens is 318 g/mol. The zero-order valence-electron chi connectivity index (χ0n) is 13.6. The summed E-state index contributed by atoms with van der Waals surface area (Å²) in [4.78, 5) is 26.5. The molecule has 1 saturated heterocycles. The molecule has 0 N–H and O–H groups in total. The van der Waals surface area contributed by atoms with Crippen LogP contribution >= 0.6 is 11.8 Å². The number of carbonyl (C=O) groups is 2. The topological polar surface area (TPSA) is 37.4 Å². The Hall–Kier alpha value is -2.33. The molecule has 3 nitrogen and oxygen atoms in total. The monoisotopic (exact) mass is 337 g/mol. The van der Waals surface area contributed by atoms with E-state index < -0.39 is 0 Å². The SMILES string of the molecule is Cc1ccccc1/C=C1/SC(=O)N(CCCc2ccccc2)C1=O. The van der Waals surface area contributed by atoms with E-state index >= 15 is 0 Å². The number of imide groups is 1. The summed E-state index contributed by atoms with van der Waals surface area (Å²) in [7, 11) is 0. The van der Waals surface area contributed by atoms with Gasteiger partial charge < -0.3 is 0 Å². The molecule has 0 spiro atoms. The predicted molar refractivity (Wildman–Crippen MR) is 98.6 cm³/mol. The molecule has 0 bridgehead atoms. The highest BCUT2D eigenvalue weighted by molar-refractivity contribution is 8.18. The van der Waals surface area contributed by atoms with Crippen LogP contribution in [0.2, 0.25) is 0 Å². The van der Waals surface area contributed by atoms with E-state index in [-0.39, 0.29) is 11.1 Å². The Morgan fingerprint density at radius 1 is 1.00 bits per heavy atom. The van der Waals surface area contributed by atoms with Crippen LogP contribution in [0.3, 0.4) is 0 Å². The van der Waals surface area contributed by atoms with E-state index in [9.17, 15) is 9.59 Å². The van der Waals surface area contributed by atoms with Gasteiger partial charge in [0.05, 0.1) is 4.91 Å². The number of amides is 2. The van der Waals surface area contributed by atoms with Crippen LogP contribution in [0.5, 0.6) is 0 Å². The Morgan fingerprint density at radius 2 is 1.71 bits per heavy atom. The van der Waals surface area contributed by atoms with Crippen molar-refractivity contribution in [3.8, 4) is 0 Å². The molecule has 2 aromatic carbocycles. The molecule has 0 radical (unpaired) electrons. The Kier molecular flexibility index (Phi) is 5.16. The van der Waals surface area contributed by atoms with Crippen LogP contribution in [0.25, 0.3) is 6.08 Å². The third-order valence-electron chi connectivity index (χ3n) is 4.04. The summed E-state index contributed by atoms with van der Waals surface area (Å²) in [5.74, 6) is -0.179. The minimum Gasteiger partial charge on any atom is -0.268 e. The minimum absolute atomic E-state index is 0.173. The first kappa shape index (κ1) is 16.5. The summed E-state index contributed by atoms with van der Waals surface area (Å²) >= 11 is 1.03. The first-order valence-corrected chi connectivity index (χ1v) is 8.82. The second kappa shape index (κ2) is 7.49. The molecule has 2 aromatic rings. The molecule has 4 heteroatoms. The van der Waals surface area contributed by atoms with Crippen molar-refractivity contribution in [1.82, 2.24) is 4.90 Å². The lowest BCUT2D eigenvalue weighted by Crippen LogP contribution is -2.29. The number of carbonyl (C=O) groups excluding carboxylic acids is 2.